The molecule has 0 spiro atoms. The van der Waals surface area contributed by atoms with Gasteiger partial charge in [-0.05, 0) is 36.6 Å². The molecule has 1 saturated heterocycles. The summed E-state index contributed by atoms with van der Waals surface area (Å²) in [6.45, 7) is 0.535. The van der Waals surface area contributed by atoms with Crippen molar-refractivity contribution >= 4 is 10.0 Å². The van der Waals surface area contributed by atoms with Crippen molar-refractivity contribution in [3.05, 3.63) is 59.4 Å². The fourth-order valence-electron chi connectivity index (χ4n) is 3.57. The number of nitrogens with zero attached hydrogens (tertiary/aromatic N) is 3. The van der Waals surface area contributed by atoms with Crippen molar-refractivity contribution in [2.45, 2.75) is 37.5 Å². The molecule has 0 radical (unpaired) electrons. The average Bonchev–Trinajstić information content (AvgIpc) is 2.86. The molecule has 1 aliphatic heterocycles. The number of hydrogen-bond acceptors (Lipinski definition) is 3. The zero-order valence-electron chi connectivity index (χ0n) is 14.4. The molecule has 0 bridgehead atoms. The van der Waals surface area contributed by atoms with Gasteiger partial charge in [-0.25, -0.2) is 8.42 Å². The summed E-state index contributed by atoms with van der Waals surface area (Å²) >= 11 is 0. The van der Waals surface area contributed by atoms with Crippen LogP contribution in [-0.4, -0.2) is 23.8 Å². The average molecular weight is 357 g/mol. The van der Waals surface area contributed by atoms with Crippen molar-refractivity contribution < 1.29 is 8.42 Å². The molecule has 0 amide bonds. The highest BCUT2D eigenvalue weighted by Gasteiger charge is 2.33. The number of rotatable bonds is 4. The Kier molecular flexibility index (Phi) is 5.26. The molecule has 132 valence electrons. The third kappa shape index (κ3) is 3.78. The molecule has 0 aliphatic carbocycles. The third-order valence-corrected chi connectivity index (χ3v) is 6.69. The first kappa shape index (κ1) is 17.7. The molecule has 1 aromatic carbocycles. The van der Waals surface area contributed by atoms with E-state index in [4.69, 9.17) is 0 Å². The van der Waals surface area contributed by atoms with Gasteiger partial charge in [-0.2, -0.15) is 9.57 Å². The van der Waals surface area contributed by atoms with Gasteiger partial charge in [0.15, 0.2) is 0 Å². The minimum atomic E-state index is -3.52. The summed E-state index contributed by atoms with van der Waals surface area (Å²) in [6, 6.07) is 12.8. The van der Waals surface area contributed by atoms with Gasteiger partial charge in [-0.3, -0.25) is 0 Å². The lowest BCUT2D eigenvalue weighted by molar-refractivity contribution is 0.318. The van der Waals surface area contributed by atoms with Crippen molar-refractivity contribution in [2.24, 2.45) is 7.05 Å². The van der Waals surface area contributed by atoms with Crippen LogP contribution in [0.5, 0.6) is 0 Å². The van der Waals surface area contributed by atoms with Crippen LogP contribution in [0, 0.1) is 11.3 Å². The maximum absolute atomic E-state index is 13.2. The van der Waals surface area contributed by atoms with E-state index in [1.807, 2.05) is 29.9 Å². The molecule has 1 aromatic heterocycles. The molecule has 2 aromatic rings. The monoisotopic (exact) mass is 357 g/mol. The summed E-state index contributed by atoms with van der Waals surface area (Å²) < 4.78 is 30.1. The maximum Gasteiger partial charge on any atom is 0.218 e. The molecule has 0 N–H and O–H groups in total. The van der Waals surface area contributed by atoms with E-state index < -0.39 is 10.0 Å². The normalized spacial score (nSPS) is 19.3. The zero-order chi connectivity index (χ0) is 17.9. The van der Waals surface area contributed by atoms with Gasteiger partial charge in [0.1, 0.15) is 0 Å². The second-order valence-corrected chi connectivity index (χ2v) is 8.47. The molecule has 1 fully saturated rings. The van der Waals surface area contributed by atoms with Gasteiger partial charge in [-0.1, -0.05) is 31.0 Å². The Labute approximate surface area is 149 Å². The smallest absolute Gasteiger partial charge is 0.218 e. The lowest BCUT2D eigenvalue weighted by Gasteiger charge is -2.30. The highest BCUT2D eigenvalue weighted by molar-refractivity contribution is 7.88. The van der Waals surface area contributed by atoms with E-state index in [0.717, 1.165) is 31.4 Å². The summed E-state index contributed by atoms with van der Waals surface area (Å²) in [6.07, 6.45) is 5.73. The predicted molar refractivity (Wildman–Crippen MR) is 97.1 cm³/mol. The van der Waals surface area contributed by atoms with Gasteiger partial charge in [-0.15, -0.1) is 0 Å². The first-order valence-corrected chi connectivity index (χ1v) is 10.2. The van der Waals surface area contributed by atoms with Crippen LogP contribution in [0.25, 0.3) is 0 Å². The van der Waals surface area contributed by atoms with Crippen molar-refractivity contribution in [3.63, 3.8) is 0 Å². The first-order chi connectivity index (χ1) is 12.0. The van der Waals surface area contributed by atoms with Crippen molar-refractivity contribution in [1.29, 1.82) is 5.26 Å². The lowest BCUT2D eigenvalue weighted by atomic mass is 10.1. The number of benzene rings is 1. The minimum absolute atomic E-state index is 0.127. The maximum atomic E-state index is 13.2. The molecular weight excluding hydrogens is 334 g/mol. The summed E-state index contributed by atoms with van der Waals surface area (Å²) in [7, 11) is -1.56. The number of aromatic nitrogens is 1. The van der Waals surface area contributed by atoms with Gasteiger partial charge in [0.05, 0.1) is 23.4 Å². The molecule has 6 heteroatoms. The van der Waals surface area contributed by atoms with Crippen LogP contribution in [0.2, 0.25) is 0 Å². The van der Waals surface area contributed by atoms with E-state index in [-0.39, 0.29) is 11.8 Å². The van der Waals surface area contributed by atoms with Crippen LogP contribution < -0.4 is 0 Å². The van der Waals surface area contributed by atoms with E-state index in [2.05, 4.69) is 6.07 Å². The van der Waals surface area contributed by atoms with E-state index in [0.29, 0.717) is 17.7 Å². The standard InChI is InChI=1S/C19H23N3O2S/c1-21-12-7-11-18(21)19-10-3-2-6-13-22(19)25(23,24)15-17-9-5-4-8-16(17)14-20/h4-5,7-9,11-12,19H,2-3,6,10,13,15H2,1H3/t19-/m1/s1. The Morgan fingerprint density at radius 1 is 1.16 bits per heavy atom. The van der Waals surface area contributed by atoms with E-state index in [9.17, 15) is 13.7 Å². The second-order valence-electron chi connectivity index (χ2n) is 6.54. The molecule has 1 aliphatic rings. The number of nitriles is 1. The molecule has 5 nitrogen and oxygen atoms in total. The quantitative estimate of drug-likeness (QED) is 0.843. The highest BCUT2D eigenvalue weighted by Crippen LogP contribution is 2.33. The lowest BCUT2D eigenvalue weighted by Crippen LogP contribution is -2.36. The number of hydrogen-bond donors (Lipinski definition) is 0. The molecule has 0 saturated carbocycles. The SMILES string of the molecule is Cn1cccc1[C@H]1CCCCCN1S(=O)(=O)Cc1ccccc1C#N. The molecule has 1 atom stereocenters. The molecule has 2 heterocycles. The van der Waals surface area contributed by atoms with Gasteiger partial charge in [0, 0.05) is 25.5 Å². The van der Waals surface area contributed by atoms with Gasteiger partial charge < -0.3 is 4.57 Å². The summed E-state index contributed by atoms with van der Waals surface area (Å²) in [5.74, 6) is -0.127. The Balaban J connectivity index is 1.95. The topological polar surface area (TPSA) is 66.1 Å². The number of aryl methyl sites for hydroxylation is 1. The van der Waals surface area contributed by atoms with Crippen LogP contribution in [0.15, 0.2) is 42.6 Å². The van der Waals surface area contributed by atoms with Crippen LogP contribution in [-0.2, 0) is 22.8 Å². The van der Waals surface area contributed by atoms with Crippen LogP contribution in [0.1, 0.15) is 48.5 Å². The highest BCUT2D eigenvalue weighted by atomic mass is 32.2. The van der Waals surface area contributed by atoms with E-state index in [1.54, 1.807) is 28.6 Å². The summed E-state index contributed by atoms with van der Waals surface area (Å²) in [4.78, 5) is 0. The fraction of sp³-hybridized carbons (Fsp3) is 0.421. The van der Waals surface area contributed by atoms with E-state index in [1.165, 1.54) is 0 Å². The summed E-state index contributed by atoms with van der Waals surface area (Å²) in [5.41, 5.74) is 2.02. The van der Waals surface area contributed by atoms with Gasteiger partial charge >= 0.3 is 0 Å². The molecule has 0 unspecified atom stereocenters. The Morgan fingerprint density at radius 2 is 1.96 bits per heavy atom. The van der Waals surface area contributed by atoms with Gasteiger partial charge in [0.2, 0.25) is 10.0 Å². The predicted octanol–water partition coefficient (Wildman–Crippen LogP) is 3.34. The minimum Gasteiger partial charge on any atom is -0.353 e. The molecule has 3 rings (SSSR count). The van der Waals surface area contributed by atoms with Crippen molar-refractivity contribution in [2.75, 3.05) is 6.54 Å². The fourth-order valence-corrected chi connectivity index (χ4v) is 5.38. The Morgan fingerprint density at radius 3 is 2.68 bits per heavy atom. The largest absolute Gasteiger partial charge is 0.353 e. The first-order valence-electron chi connectivity index (χ1n) is 8.61. The zero-order valence-corrected chi connectivity index (χ0v) is 15.2. The van der Waals surface area contributed by atoms with E-state index >= 15 is 0 Å². The Bertz CT molecular complexity index is 880. The van der Waals surface area contributed by atoms with Crippen LogP contribution in [0.4, 0.5) is 0 Å². The Hall–Kier alpha value is -2.10. The molecule has 25 heavy (non-hydrogen) atoms. The van der Waals surface area contributed by atoms with Crippen molar-refractivity contribution in [1.82, 2.24) is 8.87 Å². The van der Waals surface area contributed by atoms with Crippen molar-refractivity contribution in [3.8, 4) is 6.07 Å². The van der Waals surface area contributed by atoms with Crippen LogP contribution >= 0.6 is 0 Å². The van der Waals surface area contributed by atoms with Crippen LogP contribution in [0.3, 0.4) is 0 Å². The second kappa shape index (κ2) is 7.42. The number of sulfonamides is 1. The summed E-state index contributed by atoms with van der Waals surface area (Å²) in [5, 5.41) is 9.25. The molecular formula is C19H23N3O2S. The third-order valence-electron chi connectivity index (χ3n) is 4.86. The van der Waals surface area contributed by atoms with Gasteiger partial charge in [0.25, 0.3) is 0 Å².